The molecule has 1 heteroatoms. The van der Waals surface area contributed by atoms with Crippen molar-refractivity contribution in [1.29, 1.82) is 0 Å². The lowest BCUT2D eigenvalue weighted by Crippen LogP contribution is -2.50. The van der Waals surface area contributed by atoms with Crippen molar-refractivity contribution in [1.82, 2.24) is 0 Å². The average molecular weight is 164 g/mol. The molecular weight excluding hydrogens is 148 g/mol. The van der Waals surface area contributed by atoms with Crippen LogP contribution < -0.4 is 0 Å². The van der Waals surface area contributed by atoms with Crippen LogP contribution in [0.15, 0.2) is 0 Å². The highest BCUT2D eigenvalue weighted by molar-refractivity contribution is 5.85. The number of ketones is 1. The van der Waals surface area contributed by atoms with Crippen molar-refractivity contribution in [3.8, 4) is 0 Å². The van der Waals surface area contributed by atoms with Gasteiger partial charge in [-0.25, -0.2) is 0 Å². The molecule has 4 rings (SSSR count). The first-order valence-electron chi connectivity index (χ1n) is 5.29. The average Bonchev–Trinajstić information content (AvgIpc) is 2.07. The minimum Gasteiger partial charge on any atom is -0.299 e. The van der Waals surface area contributed by atoms with Crippen LogP contribution in [0, 0.1) is 29.6 Å². The molecule has 4 fully saturated rings. The highest BCUT2D eigenvalue weighted by Crippen LogP contribution is 2.54. The van der Waals surface area contributed by atoms with E-state index in [0.717, 1.165) is 11.8 Å². The van der Waals surface area contributed by atoms with Crippen molar-refractivity contribution in [2.45, 2.75) is 32.6 Å². The van der Waals surface area contributed by atoms with Gasteiger partial charge in [0.25, 0.3) is 0 Å². The molecule has 0 radical (unpaired) electrons. The lowest BCUT2D eigenvalue weighted by atomic mass is 9.52. The fourth-order valence-corrected chi connectivity index (χ4v) is 3.92. The molecule has 4 aliphatic rings. The molecule has 66 valence electrons. The van der Waals surface area contributed by atoms with Crippen LogP contribution in [-0.2, 0) is 4.79 Å². The summed E-state index contributed by atoms with van der Waals surface area (Å²) >= 11 is 0. The molecule has 0 N–H and O–H groups in total. The van der Waals surface area contributed by atoms with E-state index >= 15 is 0 Å². The van der Waals surface area contributed by atoms with Gasteiger partial charge < -0.3 is 0 Å². The Morgan fingerprint density at radius 1 is 1.17 bits per heavy atom. The number of carbonyl (C=O) groups is 1. The molecule has 4 saturated carbocycles. The molecule has 4 aliphatic carbocycles. The lowest BCUT2D eigenvalue weighted by molar-refractivity contribution is -0.145. The fraction of sp³-hybridized carbons (Fsp3) is 0.909. The third-order valence-corrected chi connectivity index (χ3v) is 4.57. The van der Waals surface area contributed by atoms with Gasteiger partial charge in [0.1, 0.15) is 5.78 Å². The smallest absolute Gasteiger partial charge is 0.139 e. The standard InChI is InChI=1S/C11H16O/c1-6-8-2-7-3-9(5-8)11(12)10(6)4-7/h6-10H,2-5H2,1H3. The normalized spacial score (nSPS) is 56.4. The summed E-state index contributed by atoms with van der Waals surface area (Å²) in [4.78, 5) is 11.8. The molecule has 0 amide bonds. The van der Waals surface area contributed by atoms with E-state index < -0.39 is 0 Å². The van der Waals surface area contributed by atoms with Crippen LogP contribution >= 0.6 is 0 Å². The Bertz CT molecular complexity index is 233. The molecule has 4 bridgehead atoms. The van der Waals surface area contributed by atoms with E-state index in [2.05, 4.69) is 6.92 Å². The maximum Gasteiger partial charge on any atom is 0.139 e. The zero-order valence-corrected chi connectivity index (χ0v) is 7.62. The highest BCUT2D eigenvalue weighted by atomic mass is 16.1. The molecule has 0 saturated heterocycles. The second-order valence-corrected chi connectivity index (χ2v) is 5.13. The minimum atomic E-state index is 0.473. The van der Waals surface area contributed by atoms with Crippen molar-refractivity contribution in [3.05, 3.63) is 0 Å². The number of hydrogen-bond donors (Lipinski definition) is 0. The van der Waals surface area contributed by atoms with Gasteiger partial charge in [0.2, 0.25) is 0 Å². The molecular formula is C11H16O. The van der Waals surface area contributed by atoms with Crippen LogP contribution in [0.5, 0.6) is 0 Å². The largest absolute Gasteiger partial charge is 0.299 e. The van der Waals surface area contributed by atoms with Crippen molar-refractivity contribution in [2.24, 2.45) is 29.6 Å². The van der Waals surface area contributed by atoms with Gasteiger partial charge in [-0.2, -0.15) is 0 Å². The summed E-state index contributed by atoms with van der Waals surface area (Å²) in [6, 6.07) is 0. The molecule has 0 aliphatic heterocycles. The Morgan fingerprint density at radius 3 is 2.83 bits per heavy atom. The van der Waals surface area contributed by atoms with Gasteiger partial charge >= 0.3 is 0 Å². The van der Waals surface area contributed by atoms with Gasteiger partial charge in [-0.1, -0.05) is 6.92 Å². The maximum absolute atomic E-state index is 11.8. The quantitative estimate of drug-likeness (QED) is 0.536. The van der Waals surface area contributed by atoms with E-state index in [1.807, 2.05) is 0 Å². The topological polar surface area (TPSA) is 17.1 Å². The van der Waals surface area contributed by atoms with Crippen molar-refractivity contribution in [3.63, 3.8) is 0 Å². The molecule has 0 heterocycles. The summed E-state index contributed by atoms with van der Waals surface area (Å²) in [5.74, 6) is 4.13. The number of hydrogen-bond acceptors (Lipinski definition) is 1. The predicted molar refractivity (Wildman–Crippen MR) is 46.6 cm³/mol. The second-order valence-electron chi connectivity index (χ2n) is 5.13. The summed E-state index contributed by atoms with van der Waals surface area (Å²) in [5, 5.41) is 0. The fourth-order valence-electron chi connectivity index (χ4n) is 3.92. The Morgan fingerprint density at radius 2 is 2.00 bits per heavy atom. The lowest BCUT2D eigenvalue weighted by Gasteiger charge is -2.52. The third-order valence-electron chi connectivity index (χ3n) is 4.57. The molecule has 0 aromatic carbocycles. The number of rotatable bonds is 0. The highest BCUT2D eigenvalue weighted by Gasteiger charge is 2.51. The molecule has 5 unspecified atom stereocenters. The first-order chi connectivity index (χ1) is 5.75. The van der Waals surface area contributed by atoms with Crippen LogP contribution in [0.1, 0.15) is 32.6 Å². The van der Waals surface area contributed by atoms with Crippen LogP contribution in [0.3, 0.4) is 0 Å². The van der Waals surface area contributed by atoms with Gasteiger partial charge in [-0.3, -0.25) is 4.79 Å². The Hall–Kier alpha value is -0.330. The summed E-state index contributed by atoms with van der Waals surface area (Å²) < 4.78 is 0. The third kappa shape index (κ3) is 0.725. The summed E-state index contributed by atoms with van der Waals surface area (Å²) in [6.07, 6.45) is 5.13. The summed E-state index contributed by atoms with van der Waals surface area (Å²) in [7, 11) is 0. The van der Waals surface area contributed by atoms with E-state index in [1.165, 1.54) is 25.7 Å². The van der Waals surface area contributed by atoms with Gasteiger partial charge in [0, 0.05) is 11.8 Å². The molecule has 0 aromatic heterocycles. The summed E-state index contributed by atoms with van der Waals surface area (Å²) in [6.45, 7) is 2.30. The van der Waals surface area contributed by atoms with E-state index in [9.17, 15) is 4.79 Å². The van der Waals surface area contributed by atoms with E-state index in [-0.39, 0.29) is 0 Å². The van der Waals surface area contributed by atoms with Crippen molar-refractivity contribution < 1.29 is 4.79 Å². The van der Waals surface area contributed by atoms with Gasteiger partial charge in [-0.05, 0) is 43.4 Å². The van der Waals surface area contributed by atoms with E-state index in [0.29, 0.717) is 23.5 Å². The van der Waals surface area contributed by atoms with Crippen molar-refractivity contribution in [2.75, 3.05) is 0 Å². The Kier molecular flexibility index (Phi) is 1.26. The number of carbonyl (C=O) groups excluding carboxylic acids is 1. The minimum absolute atomic E-state index is 0.473. The molecule has 12 heavy (non-hydrogen) atoms. The van der Waals surface area contributed by atoms with E-state index in [4.69, 9.17) is 0 Å². The first-order valence-corrected chi connectivity index (χ1v) is 5.29. The van der Waals surface area contributed by atoms with Crippen LogP contribution in [0.2, 0.25) is 0 Å². The maximum atomic E-state index is 11.8. The second kappa shape index (κ2) is 2.12. The predicted octanol–water partition coefficient (Wildman–Crippen LogP) is 2.26. The zero-order valence-electron chi connectivity index (χ0n) is 7.62. The van der Waals surface area contributed by atoms with Crippen LogP contribution in [0.25, 0.3) is 0 Å². The van der Waals surface area contributed by atoms with E-state index in [1.54, 1.807) is 0 Å². The van der Waals surface area contributed by atoms with Crippen LogP contribution in [0.4, 0.5) is 0 Å². The molecule has 1 nitrogen and oxygen atoms in total. The molecule has 0 spiro atoms. The Labute approximate surface area is 73.5 Å². The zero-order chi connectivity index (χ0) is 8.29. The molecule has 0 aromatic rings. The van der Waals surface area contributed by atoms with Crippen molar-refractivity contribution >= 4 is 5.78 Å². The van der Waals surface area contributed by atoms with Crippen LogP contribution in [-0.4, -0.2) is 5.78 Å². The van der Waals surface area contributed by atoms with Gasteiger partial charge in [0.15, 0.2) is 0 Å². The monoisotopic (exact) mass is 164 g/mol. The summed E-state index contributed by atoms with van der Waals surface area (Å²) in [5.41, 5.74) is 0. The first kappa shape index (κ1) is 7.11. The Balaban J connectivity index is 1.98. The molecule has 5 atom stereocenters. The SMILES string of the molecule is CC1C2CC3CC(C2)C(=O)C1C3. The van der Waals surface area contributed by atoms with Gasteiger partial charge in [-0.15, -0.1) is 0 Å². The number of Topliss-reactive ketones (excluding diaryl/α,β-unsaturated/α-hetero) is 1. The van der Waals surface area contributed by atoms with Gasteiger partial charge in [0.05, 0.1) is 0 Å².